The van der Waals surface area contributed by atoms with Crippen LogP contribution in [0.2, 0.25) is 0 Å². The van der Waals surface area contributed by atoms with Gasteiger partial charge in [-0.2, -0.15) is 11.8 Å². The van der Waals surface area contributed by atoms with Crippen LogP contribution in [0.25, 0.3) is 0 Å². The van der Waals surface area contributed by atoms with Gasteiger partial charge in [-0.05, 0) is 25.0 Å². The molecule has 0 radical (unpaired) electrons. The second-order valence-corrected chi connectivity index (χ2v) is 5.07. The summed E-state index contributed by atoms with van der Waals surface area (Å²) in [5, 5.41) is 0.772. The summed E-state index contributed by atoms with van der Waals surface area (Å²) >= 11 is 2.03. The smallest absolute Gasteiger partial charge is 0.00417 e. The molecule has 0 aromatic heterocycles. The van der Waals surface area contributed by atoms with Gasteiger partial charge in [0.2, 0.25) is 0 Å². The Bertz CT molecular complexity index is 91.6. The highest BCUT2D eigenvalue weighted by atomic mass is 32.2. The second-order valence-electron chi connectivity index (χ2n) is 3.59. The van der Waals surface area contributed by atoms with Crippen LogP contribution in [0.5, 0.6) is 0 Å². The summed E-state index contributed by atoms with van der Waals surface area (Å²) in [7, 11) is 0. The summed E-state index contributed by atoms with van der Waals surface area (Å²) in [4.78, 5) is 0. The van der Waals surface area contributed by atoms with E-state index < -0.39 is 0 Å². The van der Waals surface area contributed by atoms with E-state index in [0.29, 0.717) is 6.04 Å². The Balaban J connectivity index is 3.24. The van der Waals surface area contributed by atoms with Gasteiger partial charge >= 0.3 is 0 Å². The monoisotopic (exact) mass is 175 g/mol. The van der Waals surface area contributed by atoms with Gasteiger partial charge < -0.3 is 5.73 Å². The van der Waals surface area contributed by atoms with Crippen LogP contribution in [0.4, 0.5) is 0 Å². The molecule has 2 N–H and O–H groups in total. The Hall–Kier alpha value is 0.310. The molecule has 0 amide bonds. The van der Waals surface area contributed by atoms with E-state index in [-0.39, 0.29) is 0 Å². The first-order valence-electron chi connectivity index (χ1n) is 4.41. The lowest BCUT2D eigenvalue weighted by Crippen LogP contribution is -2.16. The molecule has 0 rings (SSSR count). The summed E-state index contributed by atoms with van der Waals surface area (Å²) in [6, 6.07) is 0.363. The van der Waals surface area contributed by atoms with Crippen LogP contribution in [0.15, 0.2) is 0 Å². The van der Waals surface area contributed by atoms with Crippen molar-refractivity contribution in [1.29, 1.82) is 0 Å². The number of hydrogen-bond donors (Lipinski definition) is 1. The lowest BCUT2D eigenvalue weighted by Gasteiger charge is -2.15. The molecule has 0 spiro atoms. The van der Waals surface area contributed by atoms with E-state index in [1.54, 1.807) is 0 Å². The molecule has 0 aromatic carbocycles. The average Bonchev–Trinajstić information content (AvgIpc) is 1.86. The molecule has 0 fully saturated rings. The summed E-state index contributed by atoms with van der Waals surface area (Å²) in [6.45, 7) is 8.89. The van der Waals surface area contributed by atoms with Crippen molar-refractivity contribution in [3.05, 3.63) is 0 Å². The highest BCUT2D eigenvalue weighted by molar-refractivity contribution is 7.99. The molecule has 0 saturated carbocycles. The van der Waals surface area contributed by atoms with Crippen molar-refractivity contribution in [3.63, 3.8) is 0 Å². The number of nitrogens with two attached hydrogens (primary N) is 1. The molecule has 68 valence electrons. The molecule has 0 aliphatic rings. The predicted octanol–water partition coefficient (Wildman–Crippen LogP) is 2.50. The third-order valence-electron chi connectivity index (χ3n) is 1.89. The highest BCUT2D eigenvalue weighted by Crippen LogP contribution is 2.19. The summed E-state index contributed by atoms with van der Waals surface area (Å²) in [5.41, 5.74) is 5.64. The van der Waals surface area contributed by atoms with Crippen LogP contribution in [-0.2, 0) is 0 Å². The van der Waals surface area contributed by atoms with E-state index in [1.165, 1.54) is 5.75 Å². The van der Waals surface area contributed by atoms with E-state index in [9.17, 15) is 0 Å². The van der Waals surface area contributed by atoms with Crippen LogP contribution in [0, 0.1) is 5.92 Å². The minimum atomic E-state index is 0.363. The maximum Gasteiger partial charge on any atom is 0.00417 e. The quantitative estimate of drug-likeness (QED) is 0.695. The maximum atomic E-state index is 5.64. The molecular weight excluding hydrogens is 154 g/mol. The molecule has 0 bridgehead atoms. The van der Waals surface area contributed by atoms with Crippen molar-refractivity contribution in [2.45, 2.75) is 45.4 Å². The zero-order valence-corrected chi connectivity index (χ0v) is 8.95. The molecule has 0 aromatic rings. The van der Waals surface area contributed by atoms with Crippen molar-refractivity contribution >= 4 is 11.8 Å². The van der Waals surface area contributed by atoms with Gasteiger partial charge in [-0.25, -0.2) is 0 Å². The molecule has 0 aliphatic heterocycles. The molecule has 2 atom stereocenters. The fourth-order valence-corrected chi connectivity index (χ4v) is 1.90. The second kappa shape index (κ2) is 5.90. The third kappa shape index (κ3) is 6.70. The minimum Gasteiger partial charge on any atom is -0.328 e. The van der Waals surface area contributed by atoms with Gasteiger partial charge in [0.1, 0.15) is 0 Å². The Kier molecular flexibility index (Phi) is 6.06. The fraction of sp³-hybridized carbons (Fsp3) is 1.00. The zero-order chi connectivity index (χ0) is 8.85. The molecule has 0 saturated heterocycles. The minimum absolute atomic E-state index is 0.363. The first-order valence-corrected chi connectivity index (χ1v) is 5.46. The maximum absolute atomic E-state index is 5.64. The van der Waals surface area contributed by atoms with Crippen LogP contribution in [-0.4, -0.2) is 17.0 Å². The summed E-state index contributed by atoms with van der Waals surface area (Å²) in [5.74, 6) is 1.99. The number of rotatable bonds is 5. The molecule has 1 nitrogen and oxygen atoms in total. The fourth-order valence-electron chi connectivity index (χ4n) is 0.632. The number of hydrogen-bond acceptors (Lipinski definition) is 2. The van der Waals surface area contributed by atoms with E-state index in [0.717, 1.165) is 17.6 Å². The Morgan fingerprint density at radius 1 is 1.18 bits per heavy atom. The molecular formula is C9H21NS. The SMILES string of the molecule is CC(N)CCSC(C)C(C)C. The van der Waals surface area contributed by atoms with E-state index >= 15 is 0 Å². The zero-order valence-electron chi connectivity index (χ0n) is 8.13. The van der Waals surface area contributed by atoms with E-state index in [1.807, 2.05) is 11.8 Å². The van der Waals surface area contributed by atoms with Crippen LogP contribution >= 0.6 is 11.8 Å². The molecule has 2 heteroatoms. The molecule has 2 unspecified atom stereocenters. The molecule has 0 aliphatic carbocycles. The topological polar surface area (TPSA) is 26.0 Å². The average molecular weight is 175 g/mol. The summed E-state index contributed by atoms with van der Waals surface area (Å²) < 4.78 is 0. The Morgan fingerprint density at radius 2 is 1.73 bits per heavy atom. The van der Waals surface area contributed by atoms with Crippen molar-refractivity contribution in [2.24, 2.45) is 11.7 Å². The van der Waals surface area contributed by atoms with Crippen molar-refractivity contribution in [2.75, 3.05) is 5.75 Å². The Morgan fingerprint density at radius 3 is 2.09 bits per heavy atom. The van der Waals surface area contributed by atoms with Gasteiger partial charge in [-0.1, -0.05) is 20.8 Å². The lowest BCUT2D eigenvalue weighted by atomic mass is 10.2. The standard InChI is InChI=1S/C9H21NS/c1-7(2)9(4)11-6-5-8(3)10/h7-9H,5-6,10H2,1-4H3. The largest absolute Gasteiger partial charge is 0.328 e. The first kappa shape index (κ1) is 11.3. The van der Waals surface area contributed by atoms with Crippen LogP contribution in [0.1, 0.15) is 34.1 Å². The van der Waals surface area contributed by atoms with Gasteiger partial charge in [0, 0.05) is 11.3 Å². The van der Waals surface area contributed by atoms with Gasteiger partial charge in [-0.15, -0.1) is 0 Å². The number of thioether (sulfide) groups is 1. The predicted molar refractivity (Wildman–Crippen MR) is 55.0 cm³/mol. The Labute approximate surface area is 75.1 Å². The van der Waals surface area contributed by atoms with Crippen molar-refractivity contribution in [1.82, 2.24) is 0 Å². The van der Waals surface area contributed by atoms with Crippen molar-refractivity contribution < 1.29 is 0 Å². The summed E-state index contributed by atoms with van der Waals surface area (Å²) in [6.07, 6.45) is 1.14. The molecule has 0 heterocycles. The van der Waals surface area contributed by atoms with E-state index in [2.05, 4.69) is 27.7 Å². The van der Waals surface area contributed by atoms with Gasteiger partial charge in [-0.3, -0.25) is 0 Å². The van der Waals surface area contributed by atoms with Crippen LogP contribution in [0.3, 0.4) is 0 Å². The van der Waals surface area contributed by atoms with E-state index in [4.69, 9.17) is 5.73 Å². The van der Waals surface area contributed by atoms with Gasteiger partial charge in [0.05, 0.1) is 0 Å². The van der Waals surface area contributed by atoms with Crippen LogP contribution < -0.4 is 5.73 Å². The molecule has 11 heavy (non-hydrogen) atoms. The third-order valence-corrected chi connectivity index (χ3v) is 3.43. The van der Waals surface area contributed by atoms with Gasteiger partial charge in [0.25, 0.3) is 0 Å². The first-order chi connectivity index (χ1) is 5.04. The van der Waals surface area contributed by atoms with Crippen molar-refractivity contribution in [3.8, 4) is 0 Å². The van der Waals surface area contributed by atoms with Gasteiger partial charge in [0.15, 0.2) is 0 Å². The lowest BCUT2D eigenvalue weighted by molar-refractivity contribution is 0.639. The normalized spacial score (nSPS) is 16.9. The highest BCUT2D eigenvalue weighted by Gasteiger charge is 2.06.